The minimum Gasteiger partial charge on any atom is -0.741 e. The summed E-state index contributed by atoms with van der Waals surface area (Å²) < 4.78 is 118. The van der Waals surface area contributed by atoms with Crippen LogP contribution in [-0.2, 0) is 54.4 Å². The Labute approximate surface area is 289 Å². The van der Waals surface area contributed by atoms with Crippen molar-refractivity contribution in [1.29, 1.82) is 0 Å². The number of benzene rings is 3. The first-order valence-corrected chi connectivity index (χ1v) is 14.7. The predicted molar refractivity (Wildman–Crippen MR) is 150 cm³/mol. The Kier molecular flexibility index (Phi) is 18.2. The zero-order valence-corrected chi connectivity index (χ0v) is 26.7. The summed E-state index contributed by atoms with van der Waals surface area (Å²) in [5.74, 6) is 0. The maximum atomic E-state index is 10.7. The molecule has 3 heterocycles. The van der Waals surface area contributed by atoms with E-state index in [-0.39, 0.29) is 34.1 Å². The van der Waals surface area contributed by atoms with E-state index in [2.05, 4.69) is 30.6 Å². The average Bonchev–Trinajstić information content (AvgIpc) is 3.01. The van der Waals surface area contributed by atoms with E-state index >= 15 is 0 Å². The molecule has 3 aromatic heterocycles. The Bertz CT molecular complexity index is 1670. The number of hydrogen-bond acceptors (Lipinski definition) is 12. The van der Waals surface area contributed by atoms with Gasteiger partial charge in [-0.05, 0) is 0 Å². The Balaban J connectivity index is 0.000000573. The molecule has 6 aromatic rings. The van der Waals surface area contributed by atoms with Gasteiger partial charge in [-0.15, -0.1) is 0 Å². The minimum atomic E-state index is -6.09. The van der Waals surface area contributed by atoms with E-state index in [9.17, 15) is 26.3 Å². The number of rotatable bonds is 0. The topological polar surface area (TPSA) is 192 Å². The molecular formula is C26H18Cu2F6N6O6S2. The van der Waals surface area contributed by atoms with Crippen LogP contribution in [0.15, 0.2) is 110 Å². The van der Waals surface area contributed by atoms with Crippen LogP contribution in [-0.4, -0.2) is 67.5 Å². The van der Waals surface area contributed by atoms with Crippen LogP contribution in [0.4, 0.5) is 26.3 Å². The van der Waals surface area contributed by atoms with E-state index in [1.807, 2.05) is 72.8 Å². The quantitative estimate of drug-likeness (QED) is 0.0866. The van der Waals surface area contributed by atoms with Crippen LogP contribution >= 0.6 is 0 Å². The van der Waals surface area contributed by atoms with Crippen molar-refractivity contribution in [2.24, 2.45) is 0 Å². The second kappa shape index (κ2) is 19.8. The van der Waals surface area contributed by atoms with Gasteiger partial charge in [0.05, 0.1) is 37.2 Å². The summed E-state index contributed by atoms with van der Waals surface area (Å²) in [6, 6.07) is 24.0. The Morgan fingerprint density at radius 2 is 0.521 bits per heavy atom. The van der Waals surface area contributed by atoms with Crippen molar-refractivity contribution in [2.75, 3.05) is 0 Å². The average molecular weight is 816 g/mol. The molecule has 12 nitrogen and oxygen atoms in total. The molecule has 0 fully saturated rings. The van der Waals surface area contributed by atoms with Crippen LogP contribution in [0.2, 0.25) is 0 Å². The second-order valence-corrected chi connectivity index (χ2v) is 10.9. The van der Waals surface area contributed by atoms with Crippen LogP contribution in [0, 0.1) is 0 Å². The normalized spacial score (nSPS) is 10.9. The smallest absolute Gasteiger partial charge is 0.741 e. The summed E-state index contributed by atoms with van der Waals surface area (Å²) >= 11 is 0. The van der Waals surface area contributed by atoms with E-state index in [1.54, 1.807) is 37.2 Å². The van der Waals surface area contributed by atoms with Crippen LogP contribution in [0.5, 0.6) is 0 Å². The Morgan fingerprint density at radius 3 is 0.625 bits per heavy atom. The Morgan fingerprint density at radius 1 is 0.396 bits per heavy atom. The fraction of sp³-hybridized carbons (Fsp3) is 0.0769. The molecule has 0 aliphatic rings. The van der Waals surface area contributed by atoms with Crippen molar-refractivity contribution in [3.05, 3.63) is 110 Å². The van der Waals surface area contributed by atoms with Gasteiger partial charge in [0, 0.05) is 32.3 Å². The van der Waals surface area contributed by atoms with Crippen LogP contribution in [0.3, 0.4) is 0 Å². The van der Waals surface area contributed by atoms with Crippen LogP contribution in [0.25, 0.3) is 32.3 Å². The molecule has 0 radical (unpaired) electrons. The second-order valence-electron chi connectivity index (χ2n) is 8.15. The fourth-order valence-electron chi connectivity index (χ4n) is 2.81. The number of halogens is 6. The van der Waals surface area contributed by atoms with Gasteiger partial charge in [0.25, 0.3) is 0 Å². The summed E-state index contributed by atoms with van der Waals surface area (Å²) in [7, 11) is -12.2. The number of alkyl halides is 6. The molecule has 6 rings (SSSR count). The van der Waals surface area contributed by atoms with Gasteiger partial charge in [-0.25, -0.2) is 16.8 Å². The standard InChI is InChI=1S/3C8H6N2.2CHF3O3S.2Cu/c3*1-2-4-8-6-10-9-5-7(8)3-1;2*2-1(3,4)8(5,6)7;;/h3*1-6H;2*(H,5,6,7);;/q;;;;;2*+1/p-2. The van der Waals surface area contributed by atoms with Gasteiger partial charge in [-0.2, -0.15) is 56.9 Å². The molecule has 0 spiro atoms. The molecule has 0 atom stereocenters. The molecule has 0 aliphatic heterocycles. The fourth-order valence-corrected chi connectivity index (χ4v) is 2.81. The molecular weight excluding hydrogens is 798 g/mol. The van der Waals surface area contributed by atoms with Crippen molar-refractivity contribution >= 4 is 52.6 Å². The minimum absolute atomic E-state index is 0. The van der Waals surface area contributed by atoms with Gasteiger partial charge < -0.3 is 9.11 Å². The van der Waals surface area contributed by atoms with Gasteiger partial charge in [0.2, 0.25) is 0 Å². The third-order valence-electron chi connectivity index (χ3n) is 4.94. The largest absolute Gasteiger partial charge is 1.00 e. The summed E-state index contributed by atoms with van der Waals surface area (Å²) in [5, 5.41) is 29.4. The van der Waals surface area contributed by atoms with Crippen molar-refractivity contribution < 1.29 is 86.4 Å². The SMILES string of the molecule is O=S(=O)([O-])C(F)(F)F.O=S(=O)([O-])C(F)(F)F.[Cu+].[Cu+].c1ccc2cnncc2c1.c1ccc2cnncc2c1.c1ccc2cnncc2c1. The molecule has 0 saturated carbocycles. The predicted octanol–water partition coefficient (Wildman–Crippen LogP) is 4.99. The maximum absolute atomic E-state index is 10.7. The van der Waals surface area contributed by atoms with E-state index in [1.165, 1.54) is 0 Å². The van der Waals surface area contributed by atoms with E-state index in [4.69, 9.17) is 25.9 Å². The van der Waals surface area contributed by atoms with E-state index in [0.717, 1.165) is 32.3 Å². The third kappa shape index (κ3) is 15.3. The summed E-state index contributed by atoms with van der Waals surface area (Å²) in [4.78, 5) is 0. The summed E-state index contributed by atoms with van der Waals surface area (Å²) in [5.41, 5.74) is -11.3. The zero-order valence-electron chi connectivity index (χ0n) is 23.2. The van der Waals surface area contributed by atoms with Gasteiger partial charge >= 0.3 is 45.2 Å². The molecule has 264 valence electrons. The number of hydrogen-bond donors (Lipinski definition) is 0. The molecule has 0 N–H and O–H groups in total. The molecule has 0 bridgehead atoms. The van der Waals surface area contributed by atoms with Gasteiger partial charge in [-0.3, -0.25) is 0 Å². The van der Waals surface area contributed by atoms with E-state index < -0.39 is 31.3 Å². The monoisotopic (exact) mass is 814 g/mol. The molecule has 0 unspecified atom stereocenters. The van der Waals surface area contributed by atoms with Gasteiger partial charge in [0.1, 0.15) is 0 Å². The van der Waals surface area contributed by atoms with E-state index in [0.29, 0.717) is 0 Å². The number of fused-ring (bicyclic) bond motifs is 3. The first-order valence-electron chi connectivity index (χ1n) is 11.9. The number of nitrogens with zero attached hydrogens (tertiary/aromatic N) is 6. The van der Waals surface area contributed by atoms with Crippen molar-refractivity contribution in [3.63, 3.8) is 0 Å². The maximum Gasteiger partial charge on any atom is 1.00 e. The van der Waals surface area contributed by atoms with Gasteiger partial charge in [-0.1, -0.05) is 72.8 Å². The zero-order chi connectivity index (χ0) is 34.4. The Hall–Kier alpha value is -3.88. The van der Waals surface area contributed by atoms with Crippen molar-refractivity contribution in [2.45, 2.75) is 11.0 Å². The molecule has 0 aliphatic carbocycles. The molecule has 22 heteroatoms. The first kappa shape index (κ1) is 44.1. The molecule has 48 heavy (non-hydrogen) atoms. The van der Waals surface area contributed by atoms with Crippen LogP contribution in [0.1, 0.15) is 0 Å². The van der Waals surface area contributed by atoms with Gasteiger partial charge in [0.15, 0.2) is 20.2 Å². The third-order valence-corrected chi connectivity index (χ3v) is 6.07. The van der Waals surface area contributed by atoms with Crippen molar-refractivity contribution in [3.8, 4) is 0 Å². The number of aromatic nitrogens is 6. The molecule has 0 saturated heterocycles. The van der Waals surface area contributed by atoms with Crippen LogP contribution < -0.4 is 0 Å². The summed E-state index contributed by atoms with van der Waals surface area (Å²) in [6.07, 6.45) is 10.6. The summed E-state index contributed by atoms with van der Waals surface area (Å²) in [6.45, 7) is 0. The molecule has 3 aromatic carbocycles. The van der Waals surface area contributed by atoms with Crippen molar-refractivity contribution in [1.82, 2.24) is 30.6 Å². The first-order chi connectivity index (χ1) is 21.4. The molecule has 0 amide bonds.